The molecule has 29 heavy (non-hydrogen) atoms. The monoisotopic (exact) mass is 424 g/mol. The molecule has 2 N–H and O–H groups in total. The Kier molecular flexibility index (Phi) is 5.94. The molecule has 1 aliphatic rings. The van der Waals surface area contributed by atoms with E-state index in [0.717, 1.165) is 37.1 Å². The maximum atomic E-state index is 13.6. The molecule has 1 unspecified atom stereocenters. The zero-order valence-corrected chi connectivity index (χ0v) is 16.1. The number of ether oxygens (including phenoxy) is 1. The minimum atomic E-state index is -3.77. The summed E-state index contributed by atoms with van der Waals surface area (Å²) < 4.78 is 59.3. The number of anilines is 1. The third kappa shape index (κ3) is 5.15. The first-order valence-electron chi connectivity index (χ1n) is 8.75. The molecule has 7 nitrogen and oxygen atoms in total. The number of carbonyl (C=O) groups excluding carboxylic acids is 2. The molecule has 0 heterocycles. The van der Waals surface area contributed by atoms with Gasteiger partial charge in [-0.25, -0.2) is 26.7 Å². The second-order valence-electron chi connectivity index (χ2n) is 6.56. The van der Waals surface area contributed by atoms with Crippen LogP contribution in [0.25, 0.3) is 0 Å². The highest BCUT2D eigenvalue weighted by Gasteiger charge is 2.28. The highest BCUT2D eigenvalue weighted by Crippen LogP contribution is 2.23. The van der Waals surface area contributed by atoms with Crippen molar-refractivity contribution in [3.63, 3.8) is 0 Å². The van der Waals surface area contributed by atoms with Crippen LogP contribution >= 0.6 is 0 Å². The van der Waals surface area contributed by atoms with Crippen LogP contribution in [-0.4, -0.2) is 32.4 Å². The molecule has 0 spiro atoms. The molecule has 0 aliphatic heterocycles. The van der Waals surface area contributed by atoms with Crippen molar-refractivity contribution in [3.05, 3.63) is 59.7 Å². The molecule has 0 saturated heterocycles. The van der Waals surface area contributed by atoms with E-state index in [1.165, 1.54) is 25.1 Å². The number of carbonyl (C=O) groups is 2. The predicted octanol–water partition coefficient (Wildman–Crippen LogP) is 2.59. The number of sulfonamides is 1. The summed E-state index contributed by atoms with van der Waals surface area (Å²) in [5.41, 5.74) is -0.736. The fourth-order valence-electron chi connectivity index (χ4n) is 2.40. The average Bonchev–Trinajstić information content (AvgIpc) is 3.48. The number of benzene rings is 2. The van der Waals surface area contributed by atoms with Gasteiger partial charge in [0.15, 0.2) is 6.10 Å². The molecule has 10 heteroatoms. The lowest BCUT2D eigenvalue weighted by atomic mass is 10.2. The fraction of sp³-hybridized carbons (Fsp3) is 0.263. The van der Waals surface area contributed by atoms with Gasteiger partial charge in [0.2, 0.25) is 10.0 Å². The number of nitrogens with one attached hydrogen (secondary N) is 2. The van der Waals surface area contributed by atoms with Crippen LogP contribution in [0.1, 0.15) is 30.1 Å². The predicted molar refractivity (Wildman–Crippen MR) is 99.7 cm³/mol. The van der Waals surface area contributed by atoms with Gasteiger partial charge in [0.05, 0.1) is 10.5 Å². The van der Waals surface area contributed by atoms with E-state index in [1.807, 2.05) is 5.32 Å². The van der Waals surface area contributed by atoms with Gasteiger partial charge >= 0.3 is 5.97 Å². The lowest BCUT2D eigenvalue weighted by molar-refractivity contribution is -0.123. The Morgan fingerprint density at radius 1 is 1.10 bits per heavy atom. The summed E-state index contributed by atoms with van der Waals surface area (Å²) >= 11 is 0. The van der Waals surface area contributed by atoms with Gasteiger partial charge in [0.25, 0.3) is 5.91 Å². The van der Waals surface area contributed by atoms with E-state index in [4.69, 9.17) is 4.74 Å². The molecule has 1 saturated carbocycles. The Balaban J connectivity index is 1.68. The van der Waals surface area contributed by atoms with Crippen LogP contribution in [0, 0.1) is 11.6 Å². The van der Waals surface area contributed by atoms with Crippen LogP contribution in [0.15, 0.2) is 47.4 Å². The number of halogens is 2. The second-order valence-corrected chi connectivity index (χ2v) is 8.27. The van der Waals surface area contributed by atoms with E-state index in [1.54, 1.807) is 0 Å². The van der Waals surface area contributed by atoms with Crippen molar-refractivity contribution in [3.8, 4) is 0 Å². The Morgan fingerprint density at radius 2 is 1.72 bits per heavy atom. The molecule has 2 aromatic carbocycles. The molecule has 1 atom stereocenters. The van der Waals surface area contributed by atoms with Crippen LogP contribution in [0.3, 0.4) is 0 Å². The Labute approximate surface area is 166 Å². The smallest absolute Gasteiger partial charge is 0.338 e. The van der Waals surface area contributed by atoms with E-state index >= 15 is 0 Å². The van der Waals surface area contributed by atoms with Crippen LogP contribution in [0.5, 0.6) is 0 Å². The zero-order valence-electron chi connectivity index (χ0n) is 15.3. The minimum Gasteiger partial charge on any atom is -0.449 e. The van der Waals surface area contributed by atoms with Gasteiger partial charge in [-0.2, -0.15) is 0 Å². The first-order chi connectivity index (χ1) is 13.7. The Bertz CT molecular complexity index is 1030. The molecule has 1 fully saturated rings. The number of amides is 1. The van der Waals surface area contributed by atoms with Crippen LogP contribution in [0.2, 0.25) is 0 Å². The summed E-state index contributed by atoms with van der Waals surface area (Å²) in [5.74, 6) is -3.84. The topological polar surface area (TPSA) is 102 Å². The van der Waals surface area contributed by atoms with Crippen molar-refractivity contribution in [2.75, 3.05) is 5.32 Å². The van der Waals surface area contributed by atoms with E-state index in [2.05, 4.69) is 4.72 Å². The molecule has 1 amide bonds. The molecule has 0 bridgehead atoms. The maximum Gasteiger partial charge on any atom is 0.338 e. The number of rotatable bonds is 7. The fourth-order valence-corrected chi connectivity index (χ4v) is 3.75. The number of para-hydroxylation sites is 1. The molecule has 0 aromatic heterocycles. The SMILES string of the molecule is CC(OC(=O)c1cccc(S(=O)(=O)NC2CC2)c1)C(=O)Nc1c(F)cccc1F. The molecule has 3 rings (SSSR count). The summed E-state index contributed by atoms with van der Waals surface area (Å²) in [6.45, 7) is 1.22. The molecular weight excluding hydrogens is 406 g/mol. The molecule has 1 aliphatic carbocycles. The summed E-state index contributed by atoms with van der Waals surface area (Å²) in [5, 5.41) is 2.03. The molecule has 0 radical (unpaired) electrons. The Morgan fingerprint density at radius 3 is 2.34 bits per heavy atom. The van der Waals surface area contributed by atoms with Crippen molar-refractivity contribution < 1.29 is 31.5 Å². The summed E-state index contributed by atoms with van der Waals surface area (Å²) in [6.07, 6.45) is 0.137. The summed E-state index contributed by atoms with van der Waals surface area (Å²) in [6, 6.07) is 8.15. The molecular formula is C19H18F2N2O5S. The van der Waals surface area contributed by atoms with Crippen molar-refractivity contribution in [2.45, 2.75) is 36.8 Å². The van der Waals surface area contributed by atoms with Crippen molar-refractivity contribution in [1.29, 1.82) is 0 Å². The van der Waals surface area contributed by atoms with Gasteiger partial charge < -0.3 is 10.1 Å². The van der Waals surface area contributed by atoms with E-state index in [-0.39, 0.29) is 16.5 Å². The number of esters is 1. The van der Waals surface area contributed by atoms with Gasteiger partial charge in [-0.1, -0.05) is 12.1 Å². The molecule has 2 aromatic rings. The van der Waals surface area contributed by atoms with E-state index in [9.17, 15) is 26.8 Å². The first kappa shape index (κ1) is 20.9. The normalized spacial score (nSPS) is 14.9. The van der Waals surface area contributed by atoms with Gasteiger partial charge in [0.1, 0.15) is 17.3 Å². The average molecular weight is 424 g/mol. The van der Waals surface area contributed by atoms with Gasteiger partial charge in [-0.15, -0.1) is 0 Å². The summed E-state index contributed by atoms with van der Waals surface area (Å²) in [4.78, 5) is 24.3. The lowest BCUT2D eigenvalue weighted by Crippen LogP contribution is -2.31. The standard InChI is InChI=1S/C19H18F2N2O5S/c1-11(18(24)22-17-15(20)6-3-7-16(17)21)28-19(25)12-4-2-5-14(10-12)29(26,27)23-13-8-9-13/h2-7,10-11,13,23H,8-9H2,1H3,(H,22,24). The maximum absolute atomic E-state index is 13.6. The second kappa shape index (κ2) is 8.26. The van der Waals surface area contributed by atoms with Gasteiger partial charge in [0, 0.05) is 6.04 Å². The Hall–Kier alpha value is -2.85. The van der Waals surface area contributed by atoms with Gasteiger partial charge in [-0.3, -0.25) is 4.79 Å². The van der Waals surface area contributed by atoms with E-state index < -0.39 is 45.3 Å². The highest BCUT2D eigenvalue weighted by atomic mass is 32.2. The number of hydrogen-bond acceptors (Lipinski definition) is 5. The van der Waals surface area contributed by atoms with E-state index in [0.29, 0.717) is 0 Å². The van der Waals surface area contributed by atoms with Crippen LogP contribution in [0.4, 0.5) is 14.5 Å². The lowest BCUT2D eigenvalue weighted by Gasteiger charge is -2.14. The van der Waals surface area contributed by atoms with Crippen LogP contribution < -0.4 is 10.0 Å². The molecule has 154 valence electrons. The highest BCUT2D eigenvalue weighted by molar-refractivity contribution is 7.89. The minimum absolute atomic E-state index is 0.0830. The first-order valence-corrected chi connectivity index (χ1v) is 10.2. The van der Waals surface area contributed by atoms with Gasteiger partial charge in [-0.05, 0) is 50.1 Å². The summed E-state index contributed by atoms with van der Waals surface area (Å²) in [7, 11) is -3.77. The number of hydrogen-bond donors (Lipinski definition) is 2. The van der Waals surface area contributed by atoms with Crippen molar-refractivity contribution in [1.82, 2.24) is 4.72 Å². The zero-order chi connectivity index (χ0) is 21.2. The van der Waals surface area contributed by atoms with Crippen molar-refractivity contribution >= 4 is 27.6 Å². The van der Waals surface area contributed by atoms with Crippen molar-refractivity contribution in [2.24, 2.45) is 0 Å². The third-order valence-electron chi connectivity index (χ3n) is 4.14. The largest absolute Gasteiger partial charge is 0.449 e. The third-order valence-corrected chi connectivity index (χ3v) is 5.66. The van der Waals surface area contributed by atoms with Crippen LogP contribution in [-0.2, 0) is 19.6 Å². The quantitative estimate of drug-likeness (QED) is 0.666.